The molecule has 0 saturated carbocycles. The van der Waals surface area contributed by atoms with Gasteiger partial charge in [0.2, 0.25) is 0 Å². The van der Waals surface area contributed by atoms with Crippen molar-refractivity contribution in [2.24, 2.45) is 0 Å². The van der Waals surface area contributed by atoms with Gasteiger partial charge in [0.1, 0.15) is 0 Å². The molecule has 1 aromatic heterocycles. The molecule has 4 heteroatoms. The highest BCUT2D eigenvalue weighted by Crippen LogP contribution is 2.14. The number of rotatable bonds is 4. The first-order valence-corrected chi connectivity index (χ1v) is 8.32. The second-order valence-electron chi connectivity index (χ2n) is 5.47. The normalized spacial score (nSPS) is 10.7. The third kappa shape index (κ3) is 3.77. The maximum atomic E-state index is 12.4. The molecule has 0 bridgehead atoms. The third-order valence-electron chi connectivity index (χ3n) is 3.72. The number of aromatic nitrogens is 2. The molecule has 0 aliphatic rings. The zero-order valence-electron chi connectivity index (χ0n) is 12.9. The number of nitrogens with zero attached hydrogens (tertiary/aromatic N) is 2. The van der Waals surface area contributed by atoms with Crippen LogP contribution in [0.3, 0.4) is 0 Å². The summed E-state index contributed by atoms with van der Waals surface area (Å²) in [6, 6.07) is 19.9. The van der Waals surface area contributed by atoms with E-state index in [2.05, 4.69) is 33.0 Å². The van der Waals surface area contributed by atoms with Gasteiger partial charge < -0.3 is 0 Å². The van der Waals surface area contributed by atoms with E-state index in [1.54, 1.807) is 4.57 Å². The van der Waals surface area contributed by atoms with Crippen LogP contribution in [0.2, 0.25) is 0 Å². The zero-order chi connectivity index (χ0) is 16.2. The minimum Gasteiger partial charge on any atom is -0.265 e. The van der Waals surface area contributed by atoms with Gasteiger partial charge in [-0.1, -0.05) is 46.3 Å². The summed E-state index contributed by atoms with van der Waals surface area (Å²) >= 11 is 3.45. The first-order valence-electron chi connectivity index (χ1n) is 7.53. The Bertz CT molecular complexity index is 855. The lowest BCUT2D eigenvalue weighted by Gasteiger charge is -2.13. The van der Waals surface area contributed by atoms with E-state index in [-0.39, 0.29) is 5.69 Å². The van der Waals surface area contributed by atoms with Crippen molar-refractivity contribution in [3.63, 3.8) is 0 Å². The smallest absolute Gasteiger partial charge is 0.265 e. The van der Waals surface area contributed by atoms with Crippen molar-refractivity contribution >= 4 is 15.9 Å². The third-order valence-corrected chi connectivity index (χ3v) is 4.25. The highest BCUT2D eigenvalue weighted by molar-refractivity contribution is 9.10. The van der Waals surface area contributed by atoms with Crippen LogP contribution in [0.5, 0.6) is 0 Å². The topological polar surface area (TPSA) is 34.9 Å². The van der Waals surface area contributed by atoms with Crippen LogP contribution < -0.4 is 5.69 Å². The fraction of sp³-hybridized carbons (Fsp3) is 0.158. The van der Waals surface area contributed by atoms with E-state index in [1.807, 2.05) is 55.5 Å². The average molecular weight is 369 g/mol. The molecule has 1 heterocycles. The quantitative estimate of drug-likeness (QED) is 0.694. The van der Waals surface area contributed by atoms with Crippen molar-refractivity contribution in [2.45, 2.75) is 19.8 Å². The van der Waals surface area contributed by atoms with Crippen LogP contribution in [0, 0.1) is 6.92 Å². The molecule has 0 radical (unpaired) electrons. The van der Waals surface area contributed by atoms with Crippen molar-refractivity contribution < 1.29 is 0 Å². The fourth-order valence-electron chi connectivity index (χ4n) is 2.62. The van der Waals surface area contributed by atoms with E-state index in [0.29, 0.717) is 0 Å². The Balaban J connectivity index is 1.95. The SMILES string of the molecule is Cc1cc(CCc2ccc(Br)cc2)n(-c2ccccc2)c(=O)n1. The van der Waals surface area contributed by atoms with Crippen molar-refractivity contribution in [3.8, 4) is 5.69 Å². The zero-order valence-corrected chi connectivity index (χ0v) is 14.5. The number of aryl methyl sites for hydroxylation is 3. The summed E-state index contributed by atoms with van der Waals surface area (Å²) in [7, 11) is 0. The molecule has 0 aliphatic carbocycles. The van der Waals surface area contributed by atoms with E-state index >= 15 is 0 Å². The van der Waals surface area contributed by atoms with Crippen molar-refractivity contribution in [3.05, 3.63) is 92.6 Å². The van der Waals surface area contributed by atoms with Crippen molar-refractivity contribution in [1.29, 1.82) is 0 Å². The van der Waals surface area contributed by atoms with Crippen molar-refractivity contribution in [1.82, 2.24) is 9.55 Å². The largest absolute Gasteiger partial charge is 0.352 e. The monoisotopic (exact) mass is 368 g/mol. The maximum Gasteiger partial charge on any atom is 0.352 e. The van der Waals surface area contributed by atoms with Crippen LogP contribution in [0.4, 0.5) is 0 Å². The standard InChI is InChI=1S/C19H17BrN2O/c1-14-13-18(12-9-15-7-10-16(20)11-8-15)22(19(23)21-14)17-5-3-2-4-6-17/h2-8,10-11,13H,9,12H2,1H3. The van der Waals surface area contributed by atoms with Gasteiger partial charge in [-0.3, -0.25) is 4.57 Å². The Morgan fingerprint density at radius 1 is 1.00 bits per heavy atom. The highest BCUT2D eigenvalue weighted by Gasteiger charge is 2.09. The van der Waals surface area contributed by atoms with Crippen LogP contribution in [0.1, 0.15) is 17.0 Å². The molecule has 116 valence electrons. The van der Waals surface area contributed by atoms with Gasteiger partial charge in [-0.25, -0.2) is 4.79 Å². The molecular weight excluding hydrogens is 352 g/mol. The predicted molar refractivity (Wildman–Crippen MR) is 96.1 cm³/mol. The Morgan fingerprint density at radius 3 is 2.39 bits per heavy atom. The second-order valence-corrected chi connectivity index (χ2v) is 6.38. The molecule has 0 saturated heterocycles. The molecular formula is C19H17BrN2O. The van der Waals surface area contributed by atoms with E-state index < -0.39 is 0 Å². The predicted octanol–water partition coefficient (Wildman–Crippen LogP) is 4.09. The van der Waals surface area contributed by atoms with Crippen LogP contribution >= 0.6 is 15.9 Å². The van der Waals surface area contributed by atoms with Gasteiger partial charge in [0, 0.05) is 15.9 Å². The van der Waals surface area contributed by atoms with Gasteiger partial charge >= 0.3 is 5.69 Å². The Morgan fingerprint density at radius 2 is 1.70 bits per heavy atom. The molecule has 0 unspecified atom stereocenters. The van der Waals surface area contributed by atoms with E-state index in [4.69, 9.17) is 0 Å². The molecule has 0 N–H and O–H groups in total. The Labute approximate surface area is 143 Å². The number of benzene rings is 2. The first-order chi connectivity index (χ1) is 11.1. The molecule has 0 aliphatic heterocycles. The number of para-hydroxylation sites is 1. The summed E-state index contributed by atoms with van der Waals surface area (Å²) in [6.07, 6.45) is 1.66. The molecule has 2 aromatic carbocycles. The van der Waals surface area contributed by atoms with Crippen LogP contribution in [0.25, 0.3) is 5.69 Å². The molecule has 0 fully saturated rings. The lowest BCUT2D eigenvalue weighted by molar-refractivity contribution is 0.786. The van der Waals surface area contributed by atoms with Gasteiger partial charge in [-0.05, 0) is 55.7 Å². The van der Waals surface area contributed by atoms with Crippen LogP contribution in [-0.2, 0) is 12.8 Å². The number of halogens is 1. The number of hydrogen-bond acceptors (Lipinski definition) is 2. The Hall–Kier alpha value is -2.20. The summed E-state index contributed by atoms with van der Waals surface area (Å²) < 4.78 is 2.77. The average Bonchev–Trinajstić information content (AvgIpc) is 2.54. The van der Waals surface area contributed by atoms with Gasteiger partial charge in [0.25, 0.3) is 0 Å². The second kappa shape index (κ2) is 6.92. The number of hydrogen-bond donors (Lipinski definition) is 0. The van der Waals surface area contributed by atoms with Crippen molar-refractivity contribution in [2.75, 3.05) is 0 Å². The summed E-state index contributed by atoms with van der Waals surface area (Å²) in [5.74, 6) is 0. The van der Waals surface area contributed by atoms with E-state index in [0.717, 1.165) is 34.4 Å². The van der Waals surface area contributed by atoms with Crippen LogP contribution in [-0.4, -0.2) is 9.55 Å². The molecule has 3 aromatic rings. The first kappa shape index (κ1) is 15.7. The maximum absolute atomic E-state index is 12.4. The lowest BCUT2D eigenvalue weighted by atomic mass is 10.1. The fourth-order valence-corrected chi connectivity index (χ4v) is 2.89. The van der Waals surface area contributed by atoms with Crippen LogP contribution in [0.15, 0.2) is 69.9 Å². The summed E-state index contributed by atoms with van der Waals surface area (Å²) in [5.41, 5.74) is 3.62. The molecule has 0 atom stereocenters. The molecule has 0 spiro atoms. The minimum absolute atomic E-state index is 0.220. The molecule has 23 heavy (non-hydrogen) atoms. The van der Waals surface area contributed by atoms with Gasteiger partial charge in [-0.15, -0.1) is 0 Å². The minimum atomic E-state index is -0.220. The highest BCUT2D eigenvalue weighted by atomic mass is 79.9. The molecule has 0 amide bonds. The lowest BCUT2D eigenvalue weighted by Crippen LogP contribution is -2.25. The summed E-state index contributed by atoms with van der Waals surface area (Å²) in [4.78, 5) is 16.4. The molecule has 3 nitrogen and oxygen atoms in total. The summed E-state index contributed by atoms with van der Waals surface area (Å²) in [6.45, 7) is 1.86. The van der Waals surface area contributed by atoms with E-state index in [9.17, 15) is 4.79 Å². The molecule has 3 rings (SSSR count). The Kier molecular flexibility index (Phi) is 4.72. The van der Waals surface area contributed by atoms with Gasteiger partial charge in [0.05, 0.1) is 5.69 Å². The van der Waals surface area contributed by atoms with E-state index in [1.165, 1.54) is 5.56 Å². The summed E-state index contributed by atoms with van der Waals surface area (Å²) in [5, 5.41) is 0. The van der Waals surface area contributed by atoms with Gasteiger partial charge in [-0.2, -0.15) is 4.98 Å². The van der Waals surface area contributed by atoms with Gasteiger partial charge in [0.15, 0.2) is 0 Å².